The highest BCUT2D eigenvalue weighted by atomic mass is 16.5. The van der Waals surface area contributed by atoms with Crippen molar-refractivity contribution in [3.63, 3.8) is 0 Å². The summed E-state index contributed by atoms with van der Waals surface area (Å²) in [5.74, 6) is 0.510. The average molecular weight is 205 g/mol. The number of fused-ring (bicyclic) bond motifs is 1. The first-order valence-corrected chi connectivity index (χ1v) is 4.69. The van der Waals surface area contributed by atoms with Crippen molar-refractivity contribution >= 4 is 11.5 Å². The van der Waals surface area contributed by atoms with Crippen LogP contribution in [0.2, 0.25) is 0 Å². The van der Waals surface area contributed by atoms with E-state index in [1.54, 1.807) is 19.2 Å². The van der Waals surface area contributed by atoms with E-state index in [1.807, 2.05) is 6.07 Å². The van der Waals surface area contributed by atoms with Gasteiger partial charge in [-0.2, -0.15) is 0 Å². The van der Waals surface area contributed by atoms with Gasteiger partial charge < -0.3 is 9.94 Å². The van der Waals surface area contributed by atoms with Gasteiger partial charge in [-0.1, -0.05) is 17.3 Å². The fraction of sp³-hybridized carbons (Fsp3) is 0.273. The van der Waals surface area contributed by atoms with E-state index in [9.17, 15) is 4.79 Å². The topological polar surface area (TPSA) is 58.9 Å². The second kappa shape index (κ2) is 3.73. The number of hydrogen-bond donors (Lipinski definition) is 1. The Balaban J connectivity index is 2.54. The summed E-state index contributed by atoms with van der Waals surface area (Å²) in [6.07, 6.45) is 1.13. The number of carbonyl (C=O) groups is 1. The van der Waals surface area contributed by atoms with Gasteiger partial charge in [-0.15, -0.1) is 0 Å². The minimum Gasteiger partial charge on any atom is -0.496 e. The van der Waals surface area contributed by atoms with E-state index in [-0.39, 0.29) is 11.5 Å². The molecule has 1 N–H and O–H groups in total. The van der Waals surface area contributed by atoms with Crippen LogP contribution in [0.25, 0.3) is 0 Å². The zero-order valence-corrected chi connectivity index (χ0v) is 8.36. The Bertz CT molecular complexity index is 437. The molecule has 0 aliphatic heterocycles. The molecule has 0 spiro atoms. The van der Waals surface area contributed by atoms with Crippen LogP contribution in [0.4, 0.5) is 0 Å². The van der Waals surface area contributed by atoms with Crippen LogP contribution in [0.1, 0.15) is 22.3 Å². The molecule has 0 saturated carbocycles. The first kappa shape index (κ1) is 9.71. The van der Waals surface area contributed by atoms with Crippen LogP contribution < -0.4 is 4.74 Å². The van der Waals surface area contributed by atoms with Crippen LogP contribution in [-0.2, 0) is 6.42 Å². The summed E-state index contributed by atoms with van der Waals surface area (Å²) >= 11 is 0. The van der Waals surface area contributed by atoms with Gasteiger partial charge in [-0.05, 0) is 12.5 Å². The molecule has 0 unspecified atom stereocenters. The molecule has 0 atom stereocenters. The van der Waals surface area contributed by atoms with Gasteiger partial charge in [0.25, 0.3) is 0 Å². The normalized spacial score (nSPS) is 17.7. The summed E-state index contributed by atoms with van der Waals surface area (Å²) in [6.45, 7) is 0. The number of oxime groups is 1. The van der Waals surface area contributed by atoms with Crippen molar-refractivity contribution in [3.05, 3.63) is 29.3 Å². The highest BCUT2D eigenvalue weighted by molar-refractivity contribution is 6.47. The third-order valence-electron chi connectivity index (χ3n) is 2.59. The first-order chi connectivity index (χ1) is 7.27. The zero-order valence-electron chi connectivity index (χ0n) is 8.36. The highest BCUT2D eigenvalue weighted by Gasteiger charge is 2.25. The van der Waals surface area contributed by atoms with E-state index in [1.165, 1.54) is 0 Å². The van der Waals surface area contributed by atoms with Crippen molar-refractivity contribution in [1.29, 1.82) is 0 Å². The molecule has 0 radical (unpaired) electrons. The number of ether oxygens (including phenoxy) is 1. The maximum Gasteiger partial charge on any atom is 0.210 e. The van der Waals surface area contributed by atoms with Crippen LogP contribution >= 0.6 is 0 Å². The largest absolute Gasteiger partial charge is 0.496 e. The number of hydrogen-bond acceptors (Lipinski definition) is 4. The van der Waals surface area contributed by atoms with E-state index in [0.717, 1.165) is 11.3 Å². The number of rotatable bonds is 1. The van der Waals surface area contributed by atoms with E-state index in [4.69, 9.17) is 9.94 Å². The molecule has 1 aromatic rings. The number of benzene rings is 1. The maximum atomic E-state index is 11.8. The van der Waals surface area contributed by atoms with Crippen molar-refractivity contribution in [3.8, 4) is 5.75 Å². The summed E-state index contributed by atoms with van der Waals surface area (Å²) in [5, 5.41) is 11.7. The van der Waals surface area contributed by atoms with Gasteiger partial charge in [0.2, 0.25) is 5.78 Å². The second-order valence-corrected chi connectivity index (χ2v) is 3.36. The van der Waals surface area contributed by atoms with Crippen molar-refractivity contribution in [2.75, 3.05) is 7.11 Å². The predicted molar refractivity (Wildman–Crippen MR) is 54.9 cm³/mol. The minimum atomic E-state index is -0.211. The number of ketones is 1. The number of carbonyl (C=O) groups excluding carboxylic acids is 1. The van der Waals surface area contributed by atoms with E-state index in [2.05, 4.69) is 5.16 Å². The molecule has 2 rings (SSSR count). The van der Waals surface area contributed by atoms with Crippen molar-refractivity contribution in [1.82, 2.24) is 0 Å². The van der Waals surface area contributed by atoms with E-state index < -0.39 is 0 Å². The fourth-order valence-electron chi connectivity index (χ4n) is 1.84. The summed E-state index contributed by atoms with van der Waals surface area (Å²) < 4.78 is 5.18. The van der Waals surface area contributed by atoms with Gasteiger partial charge >= 0.3 is 0 Å². The van der Waals surface area contributed by atoms with Crippen LogP contribution in [0.5, 0.6) is 5.75 Å². The lowest BCUT2D eigenvalue weighted by molar-refractivity contribution is 0.105. The summed E-state index contributed by atoms with van der Waals surface area (Å²) in [7, 11) is 1.58. The van der Waals surface area contributed by atoms with Gasteiger partial charge in [-0.3, -0.25) is 4.79 Å². The average Bonchev–Trinajstić information content (AvgIpc) is 2.29. The molecule has 0 bridgehead atoms. The molecular weight excluding hydrogens is 194 g/mol. The Morgan fingerprint density at radius 2 is 2.20 bits per heavy atom. The van der Waals surface area contributed by atoms with E-state index in [0.29, 0.717) is 18.4 Å². The van der Waals surface area contributed by atoms with Crippen LogP contribution in [0.15, 0.2) is 23.4 Å². The fourth-order valence-corrected chi connectivity index (χ4v) is 1.84. The first-order valence-electron chi connectivity index (χ1n) is 4.69. The summed E-state index contributed by atoms with van der Waals surface area (Å²) in [5.41, 5.74) is 1.70. The van der Waals surface area contributed by atoms with Gasteiger partial charge in [0.1, 0.15) is 11.5 Å². The lowest BCUT2D eigenvalue weighted by Crippen LogP contribution is -2.22. The number of Topliss-reactive ketones (excluding diaryl/α,β-unsaturated/α-hetero) is 1. The van der Waals surface area contributed by atoms with Crippen LogP contribution in [0.3, 0.4) is 0 Å². The van der Waals surface area contributed by atoms with Gasteiger partial charge in [0.05, 0.1) is 7.11 Å². The molecule has 0 amide bonds. The molecule has 0 aromatic heterocycles. The second-order valence-electron chi connectivity index (χ2n) is 3.36. The Labute approximate surface area is 87.2 Å². The van der Waals surface area contributed by atoms with Crippen LogP contribution in [-0.4, -0.2) is 23.8 Å². The molecular formula is C11H11NO3. The van der Waals surface area contributed by atoms with Gasteiger partial charge in [0, 0.05) is 17.5 Å². The molecule has 15 heavy (non-hydrogen) atoms. The predicted octanol–water partition coefficient (Wildman–Crippen LogP) is 1.65. The Kier molecular flexibility index (Phi) is 2.41. The van der Waals surface area contributed by atoms with E-state index >= 15 is 0 Å². The Hall–Kier alpha value is -1.84. The van der Waals surface area contributed by atoms with Crippen LogP contribution in [0, 0.1) is 0 Å². The summed E-state index contributed by atoms with van der Waals surface area (Å²) in [6, 6.07) is 5.31. The molecule has 4 heteroatoms. The number of methoxy groups -OCH3 is 1. The lowest BCUT2D eigenvalue weighted by atomic mass is 9.88. The van der Waals surface area contributed by atoms with Crippen molar-refractivity contribution in [2.24, 2.45) is 5.16 Å². The van der Waals surface area contributed by atoms with Gasteiger partial charge in [-0.25, -0.2) is 0 Å². The highest BCUT2D eigenvalue weighted by Crippen LogP contribution is 2.28. The maximum absolute atomic E-state index is 11.8. The molecule has 0 fully saturated rings. The summed E-state index contributed by atoms with van der Waals surface area (Å²) in [4.78, 5) is 11.8. The third kappa shape index (κ3) is 1.48. The zero-order chi connectivity index (χ0) is 10.8. The lowest BCUT2D eigenvalue weighted by Gasteiger charge is -2.17. The molecule has 1 aliphatic rings. The standard InChI is InChI=1S/C11H11NO3/c1-15-10-4-2-3-8-7(10)5-6-9(12-14)11(8)13/h2-4,14H,5-6H2,1H3. The molecule has 4 nitrogen and oxygen atoms in total. The number of nitrogens with zero attached hydrogens (tertiary/aromatic N) is 1. The molecule has 0 heterocycles. The SMILES string of the molecule is COc1cccc2c1CCC(=NO)C2=O. The Morgan fingerprint density at radius 3 is 2.87 bits per heavy atom. The monoisotopic (exact) mass is 205 g/mol. The van der Waals surface area contributed by atoms with Crippen molar-refractivity contribution < 1.29 is 14.7 Å². The molecule has 1 aromatic carbocycles. The third-order valence-corrected chi connectivity index (χ3v) is 2.59. The minimum absolute atomic E-state index is 0.211. The Morgan fingerprint density at radius 1 is 1.40 bits per heavy atom. The molecule has 78 valence electrons. The molecule has 0 saturated heterocycles. The quantitative estimate of drug-likeness (QED) is 0.560. The smallest absolute Gasteiger partial charge is 0.210 e. The molecule has 1 aliphatic carbocycles. The van der Waals surface area contributed by atoms with Crippen molar-refractivity contribution in [2.45, 2.75) is 12.8 Å². The van der Waals surface area contributed by atoms with Gasteiger partial charge in [0.15, 0.2) is 0 Å².